The Balaban J connectivity index is 2.27. The smallest absolute Gasteiger partial charge is 0.315 e. The van der Waals surface area contributed by atoms with Crippen molar-refractivity contribution in [3.8, 4) is 0 Å². The minimum atomic E-state index is -0.362. The van der Waals surface area contributed by atoms with Gasteiger partial charge in [0.1, 0.15) is 11.0 Å². The van der Waals surface area contributed by atoms with Gasteiger partial charge in [0, 0.05) is 6.42 Å². The summed E-state index contributed by atoms with van der Waals surface area (Å²) in [6, 6.07) is 0. The molecule has 0 radical (unpaired) electrons. The lowest BCUT2D eigenvalue weighted by molar-refractivity contribution is -0.154. The van der Waals surface area contributed by atoms with Gasteiger partial charge in [0.15, 0.2) is 0 Å². The van der Waals surface area contributed by atoms with Crippen molar-refractivity contribution in [2.45, 2.75) is 71.2 Å². The van der Waals surface area contributed by atoms with Crippen molar-refractivity contribution in [2.24, 2.45) is 5.41 Å². The number of carbonyl (C=O) groups is 1. The predicted molar refractivity (Wildman–Crippen MR) is 61.1 cm³/mol. The van der Waals surface area contributed by atoms with Gasteiger partial charge in [-0.2, -0.15) is 0 Å². The van der Waals surface area contributed by atoms with Crippen molar-refractivity contribution in [1.82, 2.24) is 0 Å². The Morgan fingerprint density at radius 2 is 2.00 bits per heavy atom. The minimum absolute atomic E-state index is 0.0414. The topological polar surface area (TPSA) is 35.5 Å². The first-order valence-electron chi connectivity index (χ1n) is 6.32. The molecule has 16 heavy (non-hydrogen) atoms. The van der Waals surface area contributed by atoms with Gasteiger partial charge >= 0.3 is 5.97 Å². The highest BCUT2D eigenvalue weighted by molar-refractivity contribution is 5.81. The van der Waals surface area contributed by atoms with Gasteiger partial charge in [-0.1, -0.05) is 13.8 Å². The molecule has 3 atom stereocenters. The molecular weight excluding hydrogens is 204 g/mol. The molecule has 2 heterocycles. The molecular formula is C13H22O3. The van der Waals surface area contributed by atoms with Gasteiger partial charge < -0.3 is 9.47 Å². The second-order valence-corrected chi connectivity index (χ2v) is 5.75. The second kappa shape index (κ2) is 3.73. The lowest BCUT2D eigenvalue weighted by Crippen LogP contribution is -2.35. The number of esters is 1. The molecule has 1 spiro atoms. The zero-order chi connectivity index (χ0) is 12.0. The first-order valence-corrected chi connectivity index (χ1v) is 6.32. The summed E-state index contributed by atoms with van der Waals surface area (Å²) >= 11 is 0. The van der Waals surface area contributed by atoms with E-state index < -0.39 is 0 Å². The quantitative estimate of drug-likeness (QED) is 0.679. The number of carbonyl (C=O) groups excluding carboxylic acids is 1. The van der Waals surface area contributed by atoms with Gasteiger partial charge in [0.05, 0.1) is 12.2 Å². The fraction of sp³-hybridized carbons (Fsp3) is 0.923. The Hall–Kier alpha value is -0.570. The van der Waals surface area contributed by atoms with Crippen molar-refractivity contribution in [2.75, 3.05) is 0 Å². The summed E-state index contributed by atoms with van der Waals surface area (Å²) in [4.78, 5) is 12.1. The van der Waals surface area contributed by atoms with Gasteiger partial charge in [-0.15, -0.1) is 0 Å². The predicted octanol–water partition coefficient (Wildman–Crippen LogP) is 2.68. The molecule has 2 saturated heterocycles. The van der Waals surface area contributed by atoms with E-state index >= 15 is 0 Å². The maximum Gasteiger partial charge on any atom is 0.315 e. The maximum atomic E-state index is 12.1. The van der Waals surface area contributed by atoms with E-state index in [-0.39, 0.29) is 29.2 Å². The van der Waals surface area contributed by atoms with Gasteiger partial charge in [-0.25, -0.2) is 0 Å². The Kier molecular flexibility index (Phi) is 2.77. The summed E-state index contributed by atoms with van der Waals surface area (Å²) in [5, 5.41) is 0. The molecule has 92 valence electrons. The minimum Gasteiger partial charge on any atom is -0.459 e. The van der Waals surface area contributed by atoms with E-state index in [1.165, 1.54) is 0 Å². The molecule has 2 fully saturated rings. The summed E-state index contributed by atoms with van der Waals surface area (Å²) < 4.78 is 11.5. The van der Waals surface area contributed by atoms with Crippen molar-refractivity contribution < 1.29 is 14.3 Å². The molecule has 0 saturated carbocycles. The highest BCUT2D eigenvalue weighted by Gasteiger charge is 2.61. The van der Waals surface area contributed by atoms with Crippen LogP contribution in [0, 0.1) is 5.41 Å². The van der Waals surface area contributed by atoms with E-state index in [2.05, 4.69) is 13.8 Å². The van der Waals surface area contributed by atoms with Crippen molar-refractivity contribution in [3.63, 3.8) is 0 Å². The maximum absolute atomic E-state index is 12.1. The standard InChI is InChI=1S/C13H22O3/c1-5-9-7-13(10(6-2)15-9)8-12(3,4)16-11(13)14/h9-10H,5-8H2,1-4H3. The molecule has 2 aliphatic heterocycles. The molecule has 3 heteroatoms. The fourth-order valence-corrected chi connectivity index (χ4v) is 3.30. The van der Waals surface area contributed by atoms with Crippen LogP contribution in [0.1, 0.15) is 53.4 Å². The molecule has 0 aliphatic carbocycles. The zero-order valence-electron chi connectivity index (χ0n) is 10.7. The first kappa shape index (κ1) is 11.9. The number of hydrogen-bond donors (Lipinski definition) is 0. The highest BCUT2D eigenvalue weighted by Crippen LogP contribution is 2.52. The molecule has 2 rings (SSSR count). The van der Waals surface area contributed by atoms with E-state index in [1.807, 2.05) is 13.8 Å². The van der Waals surface area contributed by atoms with Gasteiger partial charge in [0.2, 0.25) is 0 Å². The van der Waals surface area contributed by atoms with Gasteiger partial charge in [-0.3, -0.25) is 4.79 Å². The number of cyclic esters (lactones) is 1. The lowest BCUT2D eigenvalue weighted by atomic mass is 9.74. The van der Waals surface area contributed by atoms with Crippen molar-refractivity contribution in [1.29, 1.82) is 0 Å². The van der Waals surface area contributed by atoms with E-state index in [9.17, 15) is 4.79 Å². The van der Waals surface area contributed by atoms with Crippen LogP contribution in [-0.2, 0) is 14.3 Å². The van der Waals surface area contributed by atoms with Crippen LogP contribution in [0.25, 0.3) is 0 Å². The van der Waals surface area contributed by atoms with Crippen LogP contribution in [0.3, 0.4) is 0 Å². The molecule has 3 nitrogen and oxygen atoms in total. The van der Waals surface area contributed by atoms with E-state index in [0.717, 1.165) is 25.7 Å². The monoisotopic (exact) mass is 226 g/mol. The summed E-state index contributed by atoms with van der Waals surface area (Å²) in [5.74, 6) is -0.0414. The molecule has 0 N–H and O–H groups in total. The Morgan fingerprint density at radius 3 is 2.44 bits per heavy atom. The van der Waals surface area contributed by atoms with E-state index in [0.29, 0.717) is 0 Å². The summed E-state index contributed by atoms with van der Waals surface area (Å²) in [7, 11) is 0. The van der Waals surface area contributed by atoms with Gasteiger partial charge in [-0.05, 0) is 33.1 Å². The van der Waals surface area contributed by atoms with Crippen LogP contribution in [0.2, 0.25) is 0 Å². The largest absolute Gasteiger partial charge is 0.459 e. The number of rotatable bonds is 2. The third kappa shape index (κ3) is 1.65. The second-order valence-electron chi connectivity index (χ2n) is 5.75. The summed E-state index contributed by atoms with van der Waals surface area (Å²) in [5.41, 5.74) is -0.685. The van der Waals surface area contributed by atoms with E-state index in [1.54, 1.807) is 0 Å². The molecule has 0 bridgehead atoms. The molecule has 0 amide bonds. The normalized spacial score (nSPS) is 41.6. The molecule has 3 unspecified atom stereocenters. The van der Waals surface area contributed by atoms with Crippen LogP contribution < -0.4 is 0 Å². The van der Waals surface area contributed by atoms with Crippen LogP contribution in [0.5, 0.6) is 0 Å². The molecule has 0 aromatic heterocycles. The summed E-state index contributed by atoms with van der Waals surface area (Å²) in [6.45, 7) is 8.18. The lowest BCUT2D eigenvalue weighted by Gasteiger charge is -2.24. The Labute approximate surface area is 97.5 Å². The molecule has 0 aromatic rings. The number of hydrogen-bond acceptors (Lipinski definition) is 3. The SMILES string of the molecule is CCC1CC2(CC(C)(C)OC2=O)C(CC)O1. The highest BCUT2D eigenvalue weighted by atomic mass is 16.6. The average Bonchev–Trinajstić information content (AvgIpc) is 2.65. The Morgan fingerprint density at radius 1 is 1.31 bits per heavy atom. The third-order valence-corrected chi connectivity index (χ3v) is 3.91. The van der Waals surface area contributed by atoms with Crippen LogP contribution >= 0.6 is 0 Å². The van der Waals surface area contributed by atoms with Crippen LogP contribution in [0.15, 0.2) is 0 Å². The fourth-order valence-electron chi connectivity index (χ4n) is 3.30. The van der Waals surface area contributed by atoms with Crippen molar-refractivity contribution in [3.05, 3.63) is 0 Å². The third-order valence-electron chi connectivity index (χ3n) is 3.91. The van der Waals surface area contributed by atoms with E-state index in [4.69, 9.17) is 9.47 Å². The molecule has 0 aromatic carbocycles. The van der Waals surface area contributed by atoms with Crippen LogP contribution in [0.4, 0.5) is 0 Å². The summed E-state index contributed by atoms with van der Waals surface area (Å²) in [6.07, 6.45) is 3.78. The van der Waals surface area contributed by atoms with Crippen molar-refractivity contribution >= 4 is 5.97 Å². The Bertz CT molecular complexity index is 298. The zero-order valence-corrected chi connectivity index (χ0v) is 10.7. The average molecular weight is 226 g/mol. The van der Waals surface area contributed by atoms with Gasteiger partial charge in [0.25, 0.3) is 0 Å². The first-order chi connectivity index (χ1) is 7.43. The number of ether oxygens (including phenoxy) is 2. The molecule has 2 aliphatic rings. The van der Waals surface area contributed by atoms with Crippen LogP contribution in [-0.4, -0.2) is 23.8 Å².